The van der Waals surface area contributed by atoms with E-state index in [0.29, 0.717) is 12.2 Å². The molecule has 0 aromatic carbocycles. The van der Waals surface area contributed by atoms with Crippen molar-refractivity contribution in [3.63, 3.8) is 0 Å². The lowest BCUT2D eigenvalue weighted by Crippen LogP contribution is -2.05. The molecule has 1 heterocycles. The lowest BCUT2D eigenvalue weighted by atomic mass is 10.1. The van der Waals surface area contributed by atoms with Crippen molar-refractivity contribution in [3.8, 4) is 0 Å². The molecule has 3 heteroatoms. The SMILES string of the molecule is CCOC(=O)/C(C)=C/CCc1ccsc1. The summed E-state index contributed by atoms with van der Waals surface area (Å²) in [5.41, 5.74) is 2.03. The fraction of sp³-hybridized carbons (Fsp3) is 0.417. The Morgan fingerprint density at radius 2 is 2.40 bits per heavy atom. The Hall–Kier alpha value is -1.09. The smallest absolute Gasteiger partial charge is 0.333 e. The van der Waals surface area contributed by atoms with Crippen LogP contribution < -0.4 is 0 Å². The van der Waals surface area contributed by atoms with Crippen LogP contribution in [0.4, 0.5) is 0 Å². The number of ether oxygens (including phenoxy) is 1. The molecule has 0 fully saturated rings. The van der Waals surface area contributed by atoms with Gasteiger partial charge in [-0.1, -0.05) is 6.08 Å². The van der Waals surface area contributed by atoms with Crippen molar-refractivity contribution in [2.45, 2.75) is 26.7 Å². The van der Waals surface area contributed by atoms with Gasteiger partial charge in [0.1, 0.15) is 0 Å². The first-order chi connectivity index (χ1) is 7.24. The maximum Gasteiger partial charge on any atom is 0.333 e. The van der Waals surface area contributed by atoms with Crippen LogP contribution in [0.5, 0.6) is 0 Å². The van der Waals surface area contributed by atoms with Crippen LogP contribution in [0.25, 0.3) is 0 Å². The molecule has 0 saturated carbocycles. The molecule has 0 bridgehead atoms. The first-order valence-electron chi connectivity index (χ1n) is 5.09. The van der Waals surface area contributed by atoms with Crippen molar-refractivity contribution >= 4 is 17.3 Å². The highest BCUT2D eigenvalue weighted by molar-refractivity contribution is 7.07. The monoisotopic (exact) mass is 224 g/mol. The van der Waals surface area contributed by atoms with E-state index < -0.39 is 0 Å². The molecule has 0 radical (unpaired) electrons. The Kier molecular flexibility index (Phi) is 5.12. The van der Waals surface area contributed by atoms with Crippen LogP contribution in [-0.2, 0) is 16.0 Å². The van der Waals surface area contributed by atoms with Gasteiger partial charge in [-0.3, -0.25) is 0 Å². The van der Waals surface area contributed by atoms with Crippen LogP contribution in [0, 0.1) is 0 Å². The number of rotatable bonds is 5. The van der Waals surface area contributed by atoms with Crippen LogP contribution in [-0.4, -0.2) is 12.6 Å². The molecule has 0 aliphatic rings. The molecule has 1 aromatic heterocycles. The van der Waals surface area contributed by atoms with Crippen LogP contribution >= 0.6 is 11.3 Å². The van der Waals surface area contributed by atoms with Gasteiger partial charge in [-0.15, -0.1) is 0 Å². The molecule has 0 atom stereocenters. The zero-order valence-corrected chi connectivity index (χ0v) is 9.97. The van der Waals surface area contributed by atoms with Gasteiger partial charge in [0.15, 0.2) is 0 Å². The number of carbonyl (C=O) groups excluding carboxylic acids is 1. The predicted molar refractivity (Wildman–Crippen MR) is 63.0 cm³/mol. The van der Waals surface area contributed by atoms with Gasteiger partial charge in [0.05, 0.1) is 6.61 Å². The van der Waals surface area contributed by atoms with Crippen molar-refractivity contribution < 1.29 is 9.53 Å². The number of allylic oxidation sites excluding steroid dienone is 1. The van der Waals surface area contributed by atoms with Gasteiger partial charge in [-0.2, -0.15) is 11.3 Å². The van der Waals surface area contributed by atoms with E-state index in [9.17, 15) is 4.79 Å². The minimum absolute atomic E-state index is 0.206. The molecule has 0 amide bonds. The highest BCUT2D eigenvalue weighted by atomic mass is 32.1. The van der Waals surface area contributed by atoms with E-state index in [1.54, 1.807) is 18.3 Å². The van der Waals surface area contributed by atoms with E-state index in [1.807, 2.05) is 13.0 Å². The molecule has 0 N–H and O–H groups in total. The lowest BCUT2D eigenvalue weighted by Gasteiger charge is -2.00. The summed E-state index contributed by atoms with van der Waals surface area (Å²) in [6.07, 6.45) is 3.82. The Balaban J connectivity index is 2.34. The van der Waals surface area contributed by atoms with E-state index in [-0.39, 0.29) is 5.97 Å². The summed E-state index contributed by atoms with van der Waals surface area (Å²) in [6.45, 7) is 4.05. The highest BCUT2D eigenvalue weighted by Crippen LogP contribution is 2.09. The zero-order valence-electron chi connectivity index (χ0n) is 9.16. The van der Waals surface area contributed by atoms with Gasteiger partial charge in [0.2, 0.25) is 0 Å². The second kappa shape index (κ2) is 6.40. The Morgan fingerprint density at radius 3 is 3.00 bits per heavy atom. The summed E-state index contributed by atoms with van der Waals surface area (Å²) < 4.78 is 4.89. The minimum Gasteiger partial charge on any atom is -0.463 e. The van der Waals surface area contributed by atoms with Crippen molar-refractivity contribution in [2.24, 2.45) is 0 Å². The summed E-state index contributed by atoms with van der Waals surface area (Å²) >= 11 is 1.70. The van der Waals surface area contributed by atoms with Crippen LogP contribution in [0.2, 0.25) is 0 Å². The predicted octanol–water partition coefficient (Wildman–Crippen LogP) is 3.19. The molecule has 0 aliphatic carbocycles. The molecule has 0 aliphatic heterocycles. The molecule has 1 aromatic rings. The molecule has 0 saturated heterocycles. The number of hydrogen-bond donors (Lipinski definition) is 0. The van der Waals surface area contributed by atoms with Gasteiger partial charge in [0, 0.05) is 5.57 Å². The van der Waals surface area contributed by atoms with Crippen molar-refractivity contribution in [1.82, 2.24) is 0 Å². The highest BCUT2D eigenvalue weighted by Gasteiger charge is 2.03. The van der Waals surface area contributed by atoms with Gasteiger partial charge >= 0.3 is 5.97 Å². The number of carbonyl (C=O) groups is 1. The minimum atomic E-state index is -0.206. The maximum absolute atomic E-state index is 11.2. The lowest BCUT2D eigenvalue weighted by molar-refractivity contribution is -0.138. The number of thiophene rings is 1. The number of esters is 1. The fourth-order valence-electron chi connectivity index (χ4n) is 1.22. The van der Waals surface area contributed by atoms with E-state index >= 15 is 0 Å². The largest absolute Gasteiger partial charge is 0.463 e. The summed E-state index contributed by atoms with van der Waals surface area (Å²) in [5, 5.41) is 4.20. The van der Waals surface area contributed by atoms with Gasteiger partial charge in [0.25, 0.3) is 0 Å². The summed E-state index contributed by atoms with van der Waals surface area (Å²) in [6, 6.07) is 2.11. The topological polar surface area (TPSA) is 26.3 Å². The molecule has 2 nitrogen and oxygen atoms in total. The Bertz CT molecular complexity index is 325. The van der Waals surface area contributed by atoms with E-state index in [2.05, 4.69) is 16.8 Å². The second-order valence-corrected chi connectivity index (χ2v) is 4.06. The van der Waals surface area contributed by atoms with E-state index in [4.69, 9.17) is 4.74 Å². The van der Waals surface area contributed by atoms with Crippen molar-refractivity contribution in [2.75, 3.05) is 6.61 Å². The first-order valence-corrected chi connectivity index (χ1v) is 6.03. The number of aryl methyl sites for hydroxylation is 1. The quantitative estimate of drug-likeness (QED) is 0.567. The molecule has 0 spiro atoms. The van der Waals surface area contributed by atoms with Crippen molar-refractivity contribution in [3.05, 3.63) is 34.0 Å². The standard InChI is InChI=1S/C12H16O2S/c1-3-14-12(13)10(2)5-4-6-11-7-8-15-9-11/h5,7-9H,3-4,6H2,1-2H3/b10-5+. The Morgan fingerprint density at radius 1 is 1.60 bits per heavy atom. The van der Waals surface area contributed by atoms with Crippen LogP contribution in [0.1, 0.15) is 25.8 Å². The summed E-state index contributed by atoms with van der Waals surface area (Å²) in [4.78, 5) is 11.2. The third-order valence-electron chi connectivity index (χ3n) is 2.06. The summed E-state index contributed by atoms with van der Waals surface area (Å²) in [5.74, 6) is -0.206. The van der Waals surface area contributed by atoms with E-state index in [0.717, 1.165) is 12.8 Å². The third-order valence-corrected chi connectivity index (χ3v) is 2.79. The molecular weight excluding hydrogens is 208 g/mol. The molecular formula is C12H16O2S. The first kappa shape index (κ1) is 12.0. The molecule has 1 rings (SSSR count). The average Bonchev–Trinajstić information content (AvgIpc) is 2.71. The number of hydrogen-bond acceptors (Lipinski definition) is 3. The average molecular weight is 224 g/mol. The summed E-state index contributed by atoms with van der Waals surface area (Å²) in [7, 11) is 0. The second-order valence-electron chi connectivity index (χ2n) is 3.28. The van der Waals surface area contributed by atoms with Gasteiger partial charge in [-0.05, 0) is 49.1 Å². The van der Waals surface area contributed by atoms with Gasteiger partial charge in [-0.25, -0.2) is 4.79 Å². The zero-order chi connectivity index (χ0) is 11.1. The van der Waals surface area contributed by atoms with Crippen LogP contribution in [0.3, 0.4) is 0 Å². The molecule has 15 heavy (non-hydrogen) atoms. The molecule has 0 unspecified atom stereocenters. The Labute approximate surface area is 94.6 Å². The van der Waals surface area contributed by atoms with E-state index in [1.165, 1.54) is 5.56 Å². The van der Waals surface area contributed by atoms with Gasteiger partial charge < -0.3 is 4.74 Å². The van der Waals surface area contributed by atoms with Crippen LogP contribution in [0.15, 0.2) is 28.5 Å². The fourth-order valence-corrected chi connectivity index (χ4v) is 1.92. The molecule has 82 valence electrons. The third kappa shape index (κ3) is 4.30. The maximum atomic E-state index is 11.2. The van der Waals surface area contributed by atoms with Crippen molar-refractivity contribution in [1.29, 1.82) is 0 Å². The normalized spacial score (nSPS) is 11.5.